The molecule has 0 unspecified atom stereocenters. The van der Waals surface area contributed by atoms with Gasteiger partial charge in [0.15, 0.2) is 0 Å². The van der Waals surface area contributed by atoms with Crippen molar-refractivity contribution >= 4 is 23.9 Å². The van der Waals surface area contributed by atoms with Gasteiger partial charge in [-0.15, -0.1) is 0 Å². The largest absolute Gasteiger partial charge is 0.506 e. The van der Waals surface area contributed by atoms with Crippen molar-refractivity contribution in [2.75, 3.05) is 27.2 Å². The van der Waals surface area contributed by atoms with Gasteiger partial charge >= 0.3 is 23.9 Å². The maximum Gasteiger partial charge on any atom is 0.328 e. The molecular weight excluding hydrogens is 428 g/mol. The smallest absolute Gasteiger partial charge is 0.328 e. The molecule has 0 amide bonds. The first-order chi connectivity index (χ1) is 15.0. The summed E-state index contributed by atoms with van der Waals surface area (Å²) in [6.45, 7) is 1.97. The number of rotatable bonds is 11. The van der Waals surface area contributed by atoms with Crippen LogP contribution in [0.5, 0.6) is 5.75 Å². The number of carboxylic acid groups (broad SMARTS) is 2. The van der Waals surface area contributed by atoms with Gasteiger partial charge < -0.3 is 34.8 Å². The molecule has 0 saturated heterocycles. The van der Waals surface area contributed by atoms with E-state index in [-0.39, 0.29) is 44.0 Å². The molecule has 12 nitrogen and oxygen atoms in total. The highest BCUT2D eigenvalue weighted by atomic mass is 16.5. The van der Waals surface area contributed by atoms with Crippen LogP contribution in [0.3, 0.4) is 0 Å². The van der Waals surface area contributed by atoms with Gasteiger partial charge in [-0.25, -0.2) is 9.59 Å². The van der Waals surface area contributed by atoms with Crippen molar-refractivity contribution in [3.8, 4) is 5.75 Å². The summed E-state index contributed by atoms with van der Waals surface area (Å²) in [4.78, 5) is 48.1. The molecule has 0 spiro atoms. The van der Waals surface area contributed by atoms with Crippen molar-refractivity contribution in [1.29, 1.82) is 0 Å². The van der Waals surface area contributed by atoms with Crippen molar-refractivity contribution in [3.05, 3.63) is 35.2 Å². The van der Waals surface area contributed by atoms with Crippen LogP contribution >= 0.6 is 0 Å². The molecule has 0 atom stereocenters. The van der Waals surface area contributed by atoms with Gasteiger partial charge in [0.25, 0.3) is 0 Å². The molecule has 4 N–H and O–H groups in total. The van der Waals surface area contributed by atoms with E-state index in [9.17, 15) is 29.4 Å². The number of aliphatic carboxylic acids is 2. The molecule has 1 aromatic rings. The van der Waals surface area contributed by atoms with Crippen molar-refractivity contribution in [2.45, 2.75) is 33.0 Å². The van der Waals surface area contributed by atoms with E-state index in [1.54, 1.807) is 6.92 Å². The molecule has 178 valence electrons. The first kappa shape index (κ1) is 28.5. The van der Waals surface area contributed by atoms with Crippen LogP contribution in [0, 0.1) is 6.92 Å². The summed E-state index contributed by atoms with van der Waals surface area (Å²) in [5.41, 5.74) is 1.08. The van der Waals surface area contributed by atoms with E-state index in [4.69, 9.17) is 19.7 Å². The van der Waals surface area contributed by atoms with Crippen LogP contribution < -0.4 is 0 Å². The number of carbonyl (C=O) groups excluding carboxylic acids is 2. The SMILES string of the molecule is Cc1ncc(COC(=O)CCC(=O)OCCN(C)C)c(CO)c1O.O=C(O)/C=C\C(=O)O. The zero-order valence-electron chi connectivity index (χ0n) is 18.1. The van der Waals surface area contributed by atoms with Crippen LogP contribution in [0.15, 0.2) is 18.3 Å². The van der Waals surface area contributed by atoms with Crippen LogP contribution in [0.25, 0.3) is 0 Å². The lowest BCUT2D eigenvalue weighted by atomic mass is 10.1. The average molecular weight is 456 g/mol. The first-order valence-corrected chi connectivity index (χ1v) is 9.35. The van der Waals surface area contributed by atoms with E-state index in [1.807, 2.05) is 19.0 Å². The third kappa shape index (κ3) is 12.9. The fraction of sp³-hybridized carbons (Fsp3) is 0.450. The Kier molecular flexibility index (Phi) is 13.6. The quantitative estimate of drug-likeness (QED) is 0.263. The molecule has 1 aromatic heterocycles. The van der Waals surface area contributed by atoms with Gasteiger partial charge in [0.1, 0.15) is 19.0 Å². The Balaban J connectivity index is 0.00000102. The lowest BCUT2D eigenvalue weighted by Gasteiger charge is -2.11. The molecule has 0 radical (unpaired) electrons. The van der Waals surface area contributed by atoms with Gasteiger partial charge in [-0.1, -0.05) is 0 Å². The maximum atomic E-state index is 11.7. The normalized spacial score (nSPS) is 10.4. The number of ether oxygens (including phenoxy) is 2. The molecule has 1 heterocycles. The number of aliphatic hydroxyl groups excluding tert-OH is 1. The molecule has 0 saturated carbocycles. The summed E-state index contributed by atoms with van der Waals surface area (Å²) in [7, 11) is 3.73. The Morgan fingerprint density at radius 3 is 2.03 bits per heavy atom. The second-order valence-electron chi connectivity index (χ2n) is 6.55. The predicted molar refractivity (Wildman–Crippen MR) is 110 cm³/mol. The number of hydrogen-bond acceptors (Lipinski definition) is 10. The molecule has 0 aliphatic heterocycles. The van der Waals surface area contributed by atoms with E-state index >= 15 is 0 Å². The number of esters is 2. The van der Waals surface area contributed by atoms with E-state index in [0.717, 1.165) is 0 Å². The molecule has 32 heavy (non-hydrogen) atoms. The van der Waals surface area contributed by atoms with Gasteiger partial charge in [-0.3, -0.25) is 14.6 Å². The maximum absolute atomic E-state index is 11.7. The number of carboxylic acids is 2. The van der Waals surface area contributed by atoms with Gasteiger partial charge in [0.05, 0.1) is 25.1 Å². The number of pyridine rings is 1. The Hall–Kier alpha value is -3.51. The average Bonchev–Trinajstić information content (AvgIpc) is 2.71. The molecule has 0 fully saturated rings. The van der Waals surface area contributed by atoms with Gasteiger partial charge in [-0.2, -0.15) is 0 Å². The lowest BCUT2D eigenvalue weighted by molar-refractivity contribution is -0.151. The zero-order chi connectivity index (χ0) is 24.7. The minimum Gasteiger partial charge on any atom is -0.506 e. The molecule has 0 bridgehead atoms. The second-order valence-corrected chi connectivity index (χ2v) is 6.55. The topological polar surface area (TPSA) is 184 Å². The molecule has 0 aromatic carbocycles. The Labute approximate surface area is 184 Å². The highest BCUT2D eigenvalue weighted by Gasteiger charge is 2.14. The number of aromatic hydroxyl groups is 1. The highest BCUT2D eigenvalue weighted by molar-refractivity contribution is 5.89. The Morgan fingerprint density at radius 1 is 1.03 bits per heavy atom. The van der Waals surface area contributed by atoms with Crippen molar-refractivity contribution in [3.63, 3.8) is 0 Å². The fourth-order valence-electron chi connectivity index (χ4n) is 1.98. The van der Waals surface area contributed by atoms with E-state index in [2.05, 4.69) is 4.98 Å². The minimum absolute atomic E-state index is 0.0590. The van der Waals surface area contributed by atoms with Crippen LogP contribution in [-0.4, -0.2) is 81.4 Å². The highest BCUT2D eigenvalue weighted by Crippen LogP contribution is 2.24. The second kappa shape index (κ2) is 15.3. The van der Waals surface area contributed by atoms with Crippen LogP contribution in [0.2, 0.25) is 0 Å². The summed E-state index contributed by atoms with van der Waals surface area (Å²) < 4.78 is 10.0. The third-order valence-electron chi connectivity index (χ3n) is 3.68. The van der Waals surface area contributed by atoms with E-state index in [0.29, 0.717) is 30.0 Å². The Bertz CT molecular complexity index is 805. The van der Waals surface area contributed by atoms with Crippen molar-refractivity contribution in [2.24, 2.45) is 0 Å². The molecule has 0 aliphatic rings. The minimum atomic E-state index is -1.26. The monoisotopic (exact) mass is 456 g/mol. The number of aryl methyl sites for hydroxylation is 1. The van der Waals surface area contributed by atoms with Gasteiger partial charge in [0, 0.05) is 36.0 Å². The predicted octanol–water partition coefficient (Wildman–Crippen LogP) is 0.228. The number of carbonyl (C=O) groups is 4. The number of hydrogen-bond donors (Lipinski definition) is 4. The summed E-state index contributed by atoms with van der Waals surface area (Å²) in [6, 6.07) is 0. The molecule has 12 heteroatoms. The standard InChI is InChI=1S/C16H24N2O6.C4H4O4/c1-11-16(22)13(9-19)12(8-17-11)10-24-15(21)5-4-14(20)23-7-6-18(2)3;5-3(6)1-2-4(7)8/h8,19,22H,4-7,9-10H2,1-3H3;1-2H,(H,5,6)(H,7,8)/b;2-1-. The Morgan fingerprint density at radius 2 is 1.56 bits per heavy atom. The summed E-state index contributed by atoms with van der Waals surface area (Å²) in [5.74, 6) is -3.65. The number of aromatic nitrogens is 1. The van der Waals surface area contributed by atoms with E-state index < -0.39 is 23.9 Å². The summed E-state index contributed by atoms with van der Waals surface area (Å²) >= 11 is 0. The van der Waals surface area contributed by atoms with E-state index in [1.165, 1.54) is 6.20 Å². The summed E-state index contributed by atoms with van der Waals surface area (Å²) in [5, 5.41) is 34.7. The zero-order valence-corrected chi connectivity index (χ0v) is 18.1. The van der Waals surface area contributed by atoms with Gasteiger partial charge in [-0.05, 0) is 21.0 Å². The first-order valence-electron chi connectivity index (χ1n) is 9.35. The van der Waals surface area contributed by atoms with Crippen molar-refractivity contribution in [1.82, 2.24) is 9.88 Å². The van der Waals surface area contributed by atoms with Crippen LogP contribution in [-0.2, 0) is 41.9 Å². The number of aliphatic hydroxyl groups is 1. The van der Waals surface area contributed by atoms with Crippen molar-refractivity contribution < 1.29 is 49.1 Å². The molecule has 1 rings (SSSR count). The van der Waals surface area contributed by atoms with Crippen LogP contribution in [0.4, 0.5) is 0 Å². The third-order valence-corrected chi connectivity index (χ3v) is 3.68. The number of nitrogens with zero attached hydrogens (tertiary/aromatic N) is 2. The molecule has 0 aliphatic carbocycles. The summed E-state index contributed by atoms with van der Waals surface area (Å²) in [6.07, 6.45) is 2.39. The molecular formula is C20H28N2O10. The fourth-order valence-corrected chi connectivity index (χ4v) is 1.98. The van der Waals surface area contributed by atoms with Crippen LogP contribution in [0.1, 0.15) is 29.7 Å². The number of likely N-dealkylation sites (N-methyl/N-ethyl adjacent to an activating group) is 1. The lowest BCUT2D eigenvalue weighted by Crippen LogP contribution is -2.20. The van der Waals surface area contributed by atoms with Gasteiger partial charge in [0.2, 0.25) is 0 Å².